The average molecular weight is 400 g/mol. The summed E-state index contributed by atoms with van der Waals surface area (Å²) in [6, 6.07) is 6.30. The van der Waals surface area contributed by atoms with Gasteiger partial charge in [0.1, 0.15) is 0 Å². The fourth-order valence-electron chi connectivity index (χ4n) is 4.82. The number of aromatic nitrogens is 3. The van der Waals surface area contributed by atoms with E-state index in [1.54, 1.807) is 9.47 Å². The number of carbonyl (C=O) groups excluding carboxylic acids is 1. The maximum Gasteiger partial charge on any atom is 0.269 e. The van der Waals surface area contributed by atoms with Crippen molar-refractivity contribution in [2.24, 2.45) is 0 Å². The zero-order valence-corrected chi connectivity index (χ0v) is 17.3. The molecule has 1 aliphatic carbocycles. The molecule has 152 valence electrons. The van der Waals surface area contributed by atoms with E-state index in [1.165, 1.54) is 17.3 Å². The van der Waals surface area contributed by atoms with Gasteiger partial charge in [0.25, 0.3) is 5.56 Å². The number of hydrogen-bond donors (Lipinski definition) is 0. The number of fused-ring (bicyclic) bond motifs is 2. The number of carbonyl (C=O) groups is 1. The van der Waals surface area contributed by atoms with Crippen LogP contribution in [0.25, 0.3) is 11.1 Å². The zero-order chi connectivity index (χ0) is 20.8. The highest BCUT2D eigenvalue weighted by Gasteiger charge is 2.26. The summed E-state index contributed by atoms with van der Waals surface area (Å²) in [6.07, 6.45) is 11.3. The minimum atomic E-state index is -0.0784. The maximum atomic E-state index is 12.5. The standard InChI is InChI=1S/C24H24N4O2/c1-15-14-28(24(30)13-26-15)22-5-3-4-18-19(11-25-12-20(18)22)16-6-8-21-17(10-16)7-9-23(29)27(21)2/h6,8,10-14,22H,3-5,7,9H2,1-2H3/t22-/m1/s1. The van der Waals surface area contributed by atoms with Gasteiger partial charge in [-0.1, -0.05) is 6.07 Å². The van der Waals surface area contributed by atoms with Crippen molar-refractivity contribution in [2.75, 3.05) is 11.9 Å². The van der Waals surface area contributed by atoms with Crippen molar-refractivity contribution < 1.29 is 4.79 Å². The summed E-state index contributed by atoms with van der Waals surface area (Å²) in [5, 5.41) is 0. The van der Waals surface area contributed by atoms with E-state index in [9.17, 15) is 9.59 Å². The van der Waals surface area contributed by atoms with Gasteiger partial charge in [-0.2, -0.15) is 0 Å². The van der Waals surface area contributed by atoms with Crippen LogP contribution in [0.1, 0.15) is 47.7 Å². The second kappa shape index (κ2) is 7.20. The average Bonchev–Trinajstić information content (AvgIpc) is 2.77. The molecule has 5 rings (SSSR count). The molecule has 0 radical (unpaired) electrons. The minimum Gasteiger partial charge on any atom is -0.315 e. The van der Waals surface area contributed by atoms with E-state index in [2.05, 4.69) is 22.1 Å². The predicted molar refractivity (Wildman–Crippen MR) is 116 cm³/mol. The van der Waals surface area contributed by atoms with Gasteiger partial charge < -0.3 is 9.47 Å². The van der Waals surface area contributed by atoms with Crippen LogP contribution in [0.4, 0.5) is 5.69 Å². The van der Waals surface area contributed by atoms with Crippen molar-refractivity contribution in [3.8, 4) is 11.1 Å². The summed E-state index contributed by atoms with van der Waals surface area (Å²) in [4.78, 5) is 34.9. The summed E-state index contributed by atoms with van der Waals surface area (Å²) in [5.41, 5.74) is 7.58. The molecule has 1 aliphatic heterocycles. The van der Waals surface area contributed by atoms with Gasteiger partial charge in [-0.05, 0) is 67.0 Å². The first kappa shape index (κ1) is 18.7. The lowest BCUT2D eigenvalue weighted by molar-refractivity contribution is -0.118. The Hall–Kier alpha value is -3.28. The van der Waals surface area contributed by atoms with E-state index >= 15 is 0 Å². The second-order valence-electron chi connectivity index (χ2n) is 8.23. The molecule has 0 spiro atoms. The predicted octanol–water partition coefficient (Wildman–Crippen LogP) is 3.45. The highest BCUT2D eigenvalue weighted by molar-refractivity contribution is 5.96. The van der Waals surface area contributed by atoms with Crippen LogP contribution in [0.2, 0.25) is 0 Å². The van der Waals surface area contributed by atoms with Crippen LogP contribution in [0.15, 0.2) is 47.8 Å². The van der Waals surface area contributed by atoms with Crippen LogP contribution in [-0.4, -0.2) is 27.5 Å². The number of pyridine rings is 1. The number of amides is 1. The molecular formula is C24H24N4O2. The molecule has 0 unspecified atom stereocenters. The molecule has 0 fully saturated rings. The van der Waals surface area contributed by atoms with Crippen LogP contribution in [0.5, 0.6) is 0 Å². The third kappa shape index (κ3) is 3.03. The van der Waals surface area contributed by atoms with E-state index in [0.717, 1.165) is 53.8 Å². The molecule has 0 bridgehead atoms. The smallest absolute Gasteiger partial charge is 0.269 e. The van der Waals surface area contributed by atoms with Crippen LogP contribution in [-0.2, 0) is 17.6 Å². The van der Waals surface area contributed by atoms with Gasteiger partial charge in [-0.25, -0.2) is 0 Å². The second-order valence-corrected chi connectivity index (χ2v) is 8.23. The summed E-state index contributed by atoms with van der Waals surface area (Å²) in [7, 11) is 1.84. The van der Waals surface area contributed by atoms with E-state index in [-0.39, 0.29) is 17.5 Å². The van der Waals surface area contributed by atoms with Crippen LogP contribution < -0.4 is 10.5 Å². The Kier molecular flexibility index (Phi) is 4.50. The van der Waals surface area contributed by atoms with Crippen molar-refractivity contribution in [1.29, 1.82) is 0 Å². The van der Waals surface area contributed by atoms with E-state index in [4.69, 9.17) is 0 Å². The van der Waals surface area contributed by atoms with E-state index in [0.29, 0.717) is 6.42 Å². The molecule has 1 amide bonds. The van der Waals surface area contributed by atoms with Crippen molar-refractivity contribution >= 4 is 11.6 Å². The number of nitrogens with zero attached hydrogens (tertiary/aromatic N) is 4. The molecule has 1 atom stereocenters. The molecule has 6 heteroatoms. The SMILES string of the molecule is Cc1cn([C@@H]2CCCc3c(-c4ccc5c(c4)CCC(=O)N5C)cncc32)c(=O)cn1. The number of aryl methyl sites for hydroxylation is 2. The largest absolute Gasteiger partial charge is 0.315 e. The Bertz CT molecular complexity index is 1210. The van der Waals surface area contributed by atoms with Crippen molar-refractivity contribution in [2.45, 2.75) is 45.1 Å². The Morgan fingerprint density at radius 1 is 1.07 bits per heavy atom. The first-order valence-corrected chi connectivity index (χ1v) is 10.4. The lowest BCUT2D eigenvalue weighted by Gasteiger charge is -2.29. The number of hydrogen-bond acceptors (Lipinski definition) is 4. The van der Waals surface area contributed by atoms with Crippen molar-refractivity contribution in [1.82, 2.24) is 14.5 Å². The van der Waals surface area contributed by atoms with Gasteiger partial charge in [0, 0.05) is 43.3 Å². The third-order valence-corrected chi connectivity index (χ3v) is 6.38. The molecule has 0 N–H and O–H groups in total. The van der Waals surface area contributed by atoms with Crippen molar-refractivity contribution in [3.05, 3.63) is 75.7 Å². The summed E-state index contributed by atoms with van der Waals surface area (Å²) >= 11 is 0. The molecule has 0 saturated carbocycles. The van der Waals surface area contributed by atoms with Gasteiger partial charge in [-0.15, -0.1) is 0 Å². The van der Waals surface area contributed by atoms with Gasteiger partial charge in [0.05, 0.1) is 17.9 Å². The Morgan fingerprint density at radius 3 is 2.80 bits per heavy atom. The fourth-order valence-corrected chi connectivity index (χ4v) is 4.82. The Labute approximate surface area is 175 Å². The molecule has 2 aromatic heterocycles. The quantitative estimate of drug-likeness (QED) is 0.661. The molecule has 30 heavy (non-hydrogen) atoms. The zero-order valence-electron chi connectivity index (χ0n) is 17.3. The van der Waals surface area contributed by atoms with Crippen LogP contribution >= 0.6 is 0 Å². The monoisotopic (exact) mass is 400 g/mol. The highest BCUT2D eigenvalue weighted by atomic mass is 16.2. The Balaban J connectivity index is 1.61. The van der Waals surface area contributed by atoms with Crippen LogP contribution in [0.3, 0.4) is 0 Å². The first-order chi connectivity index (χ1) is 14.5. The lowest BCUT2D eigenvalue weighted by Crippen LogP contribution is -2.31. The molecule has 3 heterocycles. The van der Waals surface area contributed by atoms with E-state index < -0.39 is 0 Å². The summed E-state index contributed by atoms with van der Waals surface area (Å²) in [6.45, 7) is 1.91. The van der Waals surface area contributed by atoms with Gasteiger partial charge in [0.2, 0.25) is 5.91 Å². The number of rotatable bonds is 2. The van der Waals surface area contributed by atoms with Gasteiger partial charge in [0.15, 0.2) is 0 Å². The maximum absolute atomic E-state index is 12.5. The topological polar surface area (TPSA) is 68.1 Å². The number of anilines is 1. The van der Waals surface area contributed by atoms with Crippen molar-refractivity contribution in [3.63, 3.8) is 0 Å². The number of benzene rings is 1. The van der Waals surface area contributed by atoms with E-state index in [1.807, 2.05) is 38.6 Å². The molecule has 2 aliphatic rings. The molecule has 3 aromatic rings. The fraction of sp³-hybridized carbons (Fsp3) is 0.333. The normalized spacial score (nSPS) is 18.1. The summed E-state index contributed by atoms with van der Waals surface area (Å²) in [5.74, 6) is 0.162. The summed E-state index contributed by atoms with van der Waals surface area (Å²) < 4.78 is 1.80. The lowest BCUT2D eigenvalue weighted by atomic mass is 9.84. The van der Waals surface area contributed by atoms with Gasteiger partial charge >= 0.3 is 0 Å². The van der Waals surface area contributed by atoms with Gasteiger partial charge in [-0.3, -0.25) is 19.6 Å². The molecular weight excluding hydrogens is 376 g/mol. The Morgan fingerprint density at radius 2 is 1.93 bits per heavy atom. The minimum absolute atomic E-state index is 0.0169. The molecule has 6 nitrogen and oxygen atoms in total. The molecule has 0 saturated heterocycles. The first-order valence-electron chi connectivity index (χ1n) is 10.4. The van der Waals surface area contributed by atoms with Crippen LogP contribution in [0, 0.1) is 6.92 Å². The third-order valence-electron chi connectivity index (χ3n) is 6.38. The molecule has 1 aromatic carbocycles. The highest BCUT2D eigenvalue weighted by Crippen LogP contribution is 2.38.